The fourth-order valence-corrected chi connectivity index (χ4v) is 3.09. The van der Waals surface area contributed by atoms with Crippen molar-refractivity contribution in [2.24, 2.45) is 0 Å². The van der Waals surface area contributed by atoms with E-state index in [1.165, 1.54) is 24.3 Å². The van der Waals surface area contributed by atoms with Gasteiger partial charge in [0.15, 0.2) is 0 Å². The van der Waals surface area contributed by atoms with Crippen LogP contribution in [0.15, 0.2) is 48.5 Å². The molecule has 0 spiro atoms. The van der Waals surface area contributed by atoms with E-state index in [0.29, 0.717) is 0 Å². The second-order valence-corrected chi connectivity index (χ2v) is 7.43. The number of rotatable bonds is 15. The minimum atomic E-state index is -0.833. The van der Waals surface area contributed by atoms with Crippen molar-refractivity contribution in [1.29, 1.82) is 0 Å². The van der Waals surface area contributed by atoms with Crippen LogP contribution >= 0.6 is 0 Å². The number of unbranched alkanes of at least 4 members (excludes halogenated alkanes) is 7. The summed E-state index contributed by atoms with van der Waals surface area (Å²) in [7, 11) is 0. The first-order valence-electron chi connectivity index (χ1n) is 11.3. The van der Waals surface area contributed by atoms with Gasteiger partial charge in [-0.15, -0.1) is 0 Å². The predicted molar refractivity (Wildman–Crippen MR) is 123 cm³/mol. The molecular weight excluding hydrogens is 440 g/mol. The molecule has 0 bridgehead atoms. The number of para-hydroxylation sites is 2. The molecule has 0 heterocycles. The van der Waals surface area contributed by atoms with Crippen LogP contribution in [0, 0.1) is 0 Å². The van der Waals surface area contributed by atoms with E-state index in [-0.39, 0.29) is 35.8 Å². The normalized spacial score (nSPS) is 10.2. The fourth-order valence-electron chi connectivity index (χ4n) is 3.09. The Morgan fingerprint density at radius 2 is 0.912 bits per heavy atom. The molecule has 0 unspecified atom stereocenters. The molecule has 2 rings (SSSR count). The van der Waals surface area contributed by atoms with Crippen molar-refractivity contribution < 1.29 is 38.1 Å². The molecule has 0 fully saturated rings. The zero-order valence-corrected chi connectivity index (χ0v) is 19.0. The second-order valence-electron chi connectivity index (χ2n) is 7.43. The Labute approximate surface area is 199 Å². The van der Waals surface area contributed by atoms with E-state index in [9.17, 15) is 19.2 Å². The van der Waals surface area contributed by atoms with Crippen LogP contribution in [0.5, 0.6) is 11.5 Å². The zero-order valence-electron chi connectivity index (χ0n) is 19.0. The molecule has 0 N–H and O–H groups in total. The molecule has 2 radical (unpaired) electrons. The molecule has 2 aromatic carbocycles. The largest absolute Gasteiger partial charge is 0.513 e. The minimum absolute atomic E-state index is 0.131. The Balaban J connectivity index is 1.41. The van der Waals surface area contributed by atoms with Crippen LogP contribution in [0.2, 0.25) is 0 Å². The standard InChI is InChI=1S/C26H28O8/c27-19-21-13-7-9-15-23(21)33-25(29)31-17-11-5-3-1-2-4-6-12-18-32-26(30)34-24-16-10-8-14-22(24)20-28/h7-10,13-16H,1-6,11-12,17-18H2. The van der Waals surface area contributed by atoms with Gasteiger partial charge in [-0.3, -0.25) is 9.59 Å². The summed E-state index contributed by atoms with van der Waals surface area (Å²) in [6.07, 6.45) is 9.26. The summed E-state index contributed by atoms with van der Waals surface area (Å²) >= 11 is 0. The molecule has 0 atom stereocenters. The van der Waals surface area contributed by atoms with Gasteiger partial charge in [-0.25, -0.2) is 9.59 Å². The van der Waals surface area contributed by atoms with E-state index < -0.39 is 12.3 Å². The monoisotopic (exact) mass is 468 g/mol. The predicted octanol–water partition coefficient (Wildman–Crippen LogP) is 5.45. The number of carbonyl (C=O) groups excluding carboxylic acids is 4. The molecule has 34 heavy (non-hydrogen) atoms. The van der Waals surface area contributed by atoms with Crippen LogP contribution in [0.3, 0.4) is 0 Å². The highest BCUT2D eigenvalue weighted by molar-refractivity contribution is 5.82. The lowest BCUT2D eigenvalue weighted by molar-refractivity contribution is 0.0958. The Morgan fingerprint density at radius 3 is 1.29 bits per heavy atom. The molecule has 0 aliphatic heterocycles. The maximum atomic E-state index is 11.7. The number of hydrogen-bond donors (Lipinski definition) is 0. The van der Waals surface area contributed by atoms with Crippen molar-refractivity contribution in [1.82, 2.24) is 0 Å². The molecule has 0 aliphatic rings. The average Bonchev–Trinajstić information content (AvgIpc) is 2.85. The van der Waals surface area contributed by atoms with Gasteiger partial charge in [0.25, 0.3) is 0 Å². The molecule has 8 heteroatoms. The van der Waals surface area contributed by atoms with Crippen LogP contribution in [0.4, 0.5) is 9.59 Å². The van der Waals surface area contributed by atoms with E-state index in [1.54, 1.807) is 36.8 Å². The molecule has 0 aromatic heterocycles. The first kappa shape index (κ1) is 26.6. The number of carbonyl (C=O) groups is 2. The summed E-state index contributed by atoms with van der Waals surface area (Å²) in [6, 6.07) is 12.6. The summed E-state index contributed by atoms with van der Waals surface area (Å²) in [4.78, 5) is 44.9. The van der Waals surface area contributed by atoms with E-state index in [1.807, 2.05) is 0 Å². The average molecular weight is 469 g/mol. The highest BCUT2D eigenvalue weighted by atomic mass is 16.7. The van der Waals surface area contributed by atoms with Crippen molar-refractivity contribution >= 4 is 24.9 Å². The molecular formula is C26H28O8. The second kappa shape index (κ2) is 16.0. The summed E-state index contributed by atoms with van der Waals surface area (Å²) in [5.74, 6) is 0.262. The van der Waals surface area contributed by atoms with Gasteiger partial charge in [-0.05, 0) is 37.1 Å². The van der Waals surface area contributed by atoms with Gasteiger partial charge in [0.05, 0.1) is 24.3 Å². The lowest BCUT2D eigenvalue weighted by Gasteiger charge is -2.07. The third-order valence-corrected chi connectivity index (χ3v) is 4.86. The Hall–Kier alpha value is -3.68. The van der Waals surface area contributed by atoms with Gasteiger partial charge < -0.3 is 18.9 Å². The molecule has 8 nitrogen and oxygen atoms in total. The Bertz CT molecular complexity index is 849. The highest BCUT2D eigenvalue weighted by Gasteiger charge is 2.11. The van der Waals surface area contributed by atoms with Gasteiger partial charge in [-0.1, -0.05) is 62.8 Å². The van der Waals surface area contributed by atoms with E-state index >= 15 is 0 Å². The maximum Gasteiger partial charge on any atom is 0.513 e. The van der Waals surface area contributed by atoms with Crippen LogP contribution in [0.25, 0.3) is 0 Å². The molecule has 0 saturated heterocycles. The van der Waals surface area contributed by atoms with Gasteiger partial charge >= 0.3 is 12.3 Å². The molecule has 0 saturated carbocycles. The third-order valence-electron chi connectivity index (χ3n) is 4.86. The summed E-state index contributed by atoms with van der Waals surface area (Å²) in [6.45, 7) is 0.517. The molecule has 180 valence electrons. The van der Waals surface area contributed by atoms with Crippen molar-refractivity contribution in [3.63, 3.8) is 0 Å². The van der Waals surface area contributed by atoms with Gasteiger partial charge in [-0.2, -0.15) is 0 Å². The van der Waals surface area contributed by atoms with Crippen LogP contribution in [-0.4, -0.2) is 38.1 Å². The number of hydrogen-bond acceptors (Lipinski definition) is 8. The molecule has 0 amide bonds. The highest BCUT2D eigenvalue weighted by Crippen LogP contribution is 2.17. The quantitative estimate of drug-likeness (QED) is 0.193. The SMILES string of the molecule is O=[C]c1ccccc1OC(=O)OCCCCCCCCCCOC(=O)Oc1ccccc1[C]=O. The smallest absolute Gasteiger partial charge is 0.434 e. The zero-order chi connectivity index (χ0) is 24.4. The van der Waals surface area contributed by atoms with E-state index in [2.05, 4.69) is 0 Å². The lowest BCUT2D eigenvalue weighted by atomic mass is 10.1. The van der Waals surface area contributed by atoms with Crippen molar-refractivity contribution in [2.75, 3.05) is 13.2 Å². The summed E-state index contributed by atoms with van der Waals surface area (Å²) < 4.78 is 20.1. The van der Waals surface area contributed by atoms with Crippen molar-refractivity contribution in [3.05, 3.63) is 59.7 Å². The third kappa shape index (κ3) is 10.3. The lowest BCUT2D eigenvalue weighted by Crippen LogP contribution is -2.12. The molecule has 2 aromatic rings. The summed E-state index contributed by atoms with van der Waals surface area (Å²) in [5.41, 5.74) is 0.343. The van der Waals surface area contributed by atoms with Crippen molar-refractivity contribution in [2.45, 2.75) is 51.4 Å². The van der Waals surface area contributed by atoms with Gasteiger partial charge in [0, 0.05) is 0 Å². The van der Waals surface area contributed by atoms with Gasteiger partial charge in [0.2, 0.25) is 12.6 Å². The topological polar surface area (TPSA) is 105 Å². The van der Waals surface area contributed by atoms with Crippen LogP contribution < -0.4 is 9.47 Å². The van der Waals surface area contributed by atoms with E-state index in [0.717, 1.165) is 51.4 Å². The van der Waals surface area contributed by atoms with Crippen LogP contribution in [0.1, 0.15) is 62.5 Å². The van der Waals surface area contributed by atoms with Crippen molar-refractivity contribution in [3.8, 4) is 11.5 Å². The maximum absolute atomic E-state index is 11.7. The molecule has 0 aliphatic carbocycles. The number of ether oxygens (including phenoxy) is 4. The fraction of sp³-hybridized carbons (Fsp3) is 0.385. The first-order chi connectivity index (χ1) is 16.6. The Kier molecular flexibility index (Phi) is 12.5. The van der Waals surface area contributed by atoms with E-state index in [4.69, 9.17) is 18.9 Å². The number of benzene rings is 2. The first-order valence-corrected chi connectivity index (χ1v) is 11.3. The summed E-state index contributed by atoms with van der Waals surface area (Å²) in [5, 5.41) is 0. The van der Waals surface area contributed by atoms with Gasteiger partial charge in [0.1, 0.15) is 11.5 Å². The minimum Gasteiger partial charge on any atom is -0.434 e. The Morgan fingerprint density at radius 1 is 0.559 bits per heavy atom. The van der Waals surface area contributed by atoms with Crippen LogP contribution in [-0.2, 0) is 19.1 Å².